The van der Waals surface area contributed by atoms with E-state index in [9.17, 15) is 14.3 Å². The van der Waals surface area contributed by atoms with Crippen molar-refractivity contribution in [1.82, 2.24) is 15.8 Å². The number of nitrogens with zero attached hydrogens (tertiary/aromatic N) is 1. The summed E-state index contributed by atoms with van der Waals surface area (Å²) >= 11 is 0. The maximum Gasteiger partial charge on any atom is 0.254 e. The van der Waals surface area contributed by atoms with Crippen molar-refractivity contribution in [3.05, 3.63) is 83.0 Å². The van der Waals surface area contributed by atoms with E-state index in [1.54, 1.807) is 12.1 Å². The standard InChI is InChI=1S/C25H31FN4O3/c1-3-18-14-19(33-30-18)15-27-16-23(31)22(13-17-9-6-5-7-10-17)29-25(32)20-11-8-12-21(24(20)26)28-4-2/h5-12,14,22-23,27-28,31H,3-4,13,15-16H2,1-2H3,(H,29,32)/t22-,23+/m0/s1. The van der Waals surface area contributed by atoms with E-state index in [1.165, 1.54) is 6.07 Å². The van der Waals surface area contributed by atoms with Crippen LogP contribution in [0.1, 0.15) is 41.2 Å². The quantitative estimate of drug-likeness (QED) is 0.335. The Labute approximate surface area is 193 Å². The summed E-state index contributed by atoms with van der Waals surface area (Å²) in [7, 11) is 0. The third kappa shape index (κ3) is 6.87. The second-order valence-electron chi connectivity index (χ2n) is 7.80. The molecule has 0 aliphatic heterocycles. The molecule has 0 aliphatic carbocycles. The number of benzene rings is 2. The maximum atomic E-state index is 14.8. The largest absolute Gasteiger partial charge is 0.390 e. The minimum absolute atomic E-state index is 0.0691. The Kier molecular flexibility index (Phi) is 8.97. The third-order valence-corrected chi connectivity index (χ3v) is 5.31. The summed E-state index contributed by atoms with van der Waals surface area (Å²) in [5.74, 6) is -0.514. The molecule has 0 saturated heterocycles. The molecule has 176 valence electrons. The van der Waals surface area contributed by atoms with Crippen LogP contribution in [-0.2, 0) is 19.4 Å². The predicted molar refractivity (Wildman–Crippen MR) is 126 cm³/mol. The van der Waals surface area contributed by atoms with Gasteiger partial charge in [-0.15, -0.1) is 0 Å². The van der Waals surface area contributed by atoms with Gasteiger partial charge in [-0.3, -0.25) is 4.79 Å². The number of rotatable bonds is 12. The number of carbonyl (C=O) groups is 1. The molecule has 4 N–H and O–H groups in total. The van der Waals surface area contributed by atoms with Crippen molar-refractivity contribution in [3.8, 4) is 0 Å². The van der Waals surface area contributed by atoms with Crippen molar-refractivity contribution >= 4 is 11.6 Å². The number of aliphatic hydroxyl groups excluding tert-OH is 1. The van der Waals surface area contributed by atoms with Crippen LogP contribution in [0.5, 0.6) is 0 Å². The van der Waals surface area contributed by atoms with Crippen LogP contribution in [0, 0.1) is 5.82 Å². The van der Waals surface area contributed by atoms with Gasteiger partial charge in [-0.25, -0.2) is 4.39 Å². The number of hydrogen-bond donors (Lipinski definition) is 4. The Hall–Kier alpha value is -3.23. The van der Waals surface area contributed by atoms with Crippen LogP contribution in [0.25, 0.3) is 0 Å². The van der Waals surface area contributed by atoms with Crippen molar-refractivity contribution in [2.75, 3.05) is 18.4 Å². The fraction of sp³-hybridized carbons (Fsp3) is 0.360. The van der Waals surface area contributed by atoms with Gasteiger partial charge in [-0.1, -0.05) is 48.5 Å². The van der Waals surface area contributed by atoms with Gasteiger partial charge < -0.3 is 25.6 Å². The van der Waals surface area contributed by atoms with E-state index >= 15 is 0 Å². The lowest BCUT2D eigenvalue weighted by molar-refractivity contribution is 0.0825. The number of amides is 1. The average Bonchev–Trinajstić information content (AvgIpc) is 3.28. The molecule has 0 unspecified atom stereocenters. The summed E-state index contributed by atoms with van der Waals surface area (Å²) in [6.45, 7) is 4.99. The molecular weight excluding hydrogens is 423 g/mol. The fourth-order valence-corrected chi connectivity index (χ4v) is 3.52. The van der Waals surface area contributed by atoms with E-state index in [0.717, 1.165) is 17.7 Å². The molecule has 1 amide bonds. The van der Waals surface area contributed by atoms with Crippen LogP contribution in [0.2, 0.25) is 0 Å². The Bertz CT molecular complexity index is 1030. The smallest absolute Gasteiger partial charge is 0.254 e. The molecule has 2 aromatic carbocycles. The van der Waals surface area contributed by atoms with Gasteiger partial charge in [0.25, 0.3) is 5.91 Å². The molecule has 1 aromatic heterocycles. The molecule has 0 saturated carbocycles. The van der Waals surface area contributed by atoms with Gasteiger partial charge in [-0.2, -0.15) is 0 Å². The van der Waals surface area contributed by atoms with Gasteiger partial charge in [0.05, 0.1) is 35.6 Å². The van der Waals surface area contributed by atoms with Crippen LogP contribution in [0.4, 0.5) is 10.1 Å². The number of hydrogen-bond acceptors (Lipinski definition) is 6. The van der Waals surface area contributed by atoms with Crippen molar-refractivity contribution in [2.24, 2.45) is 0 Å². The van der Waals surface area contributed by atoms with Gasteiger partial charge in [-0.05, 0) is 37.5 Å². The Balaban J connectivity index is 1.69. The van der Waals surface area contributed by atoms with Gasteiger partial charge in [0.1, 0.15) is 0 Å². The van der Waals surface area contributed by atoms with E-state index < -0.39 is 23.9 Å². The molecule has 3 rings (SSSR count). The van der Waals surface area contributed by atoms with E-state index in [-0.39, 0.29) is 17.8 Å². The second-order valence-corrected chi connectivity index (χ2v) is 7.80. The van der Waals surface area contributed by atoms with Crippen molar-refractivity contribution < 1.29 is 18.8 Å². The summed E-state index contributed by atoms with van der Waals surface area (Å²) in [4.78, 5) is 12.9. The lowest BCUT2D eigenvalue weighted by Gasteiger charge is -2.25. The minimum Gasteiger partial charge on any atom is -0.390 e. The van der Waals surface area contributed by atoms with Crippen LogP contribution in [-0.4, -0.2) is 41.4 Å². The number of aryl methyl sites for hydroxylation is 1. The molecule has 0 spiro atoms. The summed E-state index contributed by atoms with van der Waals surface area (Å²) in [5.41, 5.74) is 2.01. The first-order valence-electron chi connectivity index (χ1n) is 11.2. The molecule has 2 atom stereocenters. The number of aromatic nitrogens is 1. The monoisotopic (exact) mass is 454 g/mol. The lowest BCUT2D eigenvalue weighted by Crippen LogP contribution is -2.48. The zero-order valence-electron chi connectivity index (χ0n) is 19.0. The van der Waals surface area contributed by atoms with Crippen LogP contribution < -0.4 is 16.0 Å². The zero-order valence-corrected chi connectivity index (χ0v) is 19.0. The van der Waals surface area contributed by atoms with Crippen molar-refractivity contribution in [2.45, 2.75) is 45.4 Å². The highest BCUT2D eigenvalue weighted by Gasteiger charge is 2.24. The highest BCUT2D eigenvalue weighted by molar-refractivity contribution is 5.95. The minimum atomic E-state index is -0.914. The zero-order chi connectivity index (χ0) is 23.6. The first-order chi connectivity index (χ1) is 16.0. The molecule has 3 aromatic rings. The summed E-state index contributed by atoms with van der Waals surface area (Å²) in [6, 6.07) is 15.4. The molecule has 8 heteroatoms. The van der Waals surface area contributed by atoms with Gasteiger partial charge in [0, 0.05) is 19.2 Å². The number of anilines is 1. The number of halogens is 1. The highest BCUT2D eigenvalue weighted by Crippen LogP contribution is 2.18. The molecule has 0 aliphatic rings. The topological polar surface area (TPSA) is 99.4 Å². The van der Waals surface area contributed by atoms with Gasteiger partial charge >= 0.3 is 0 Å². The molecular formula is C25H31FN4O3. The number of carbonyl (C=O) groups excluding carboxylic acids is 1. The summed E-state index contributed by atoms with van der Waals surface area (Å²) < 4.78 is 20.0. The lowest BCUT2D eigenvalue weighted by atomic mass is 10.00. The van der Waals surface area contributed by atoms with Gasteiger partial charge in [0.2, 0.25) is 0 Å². The van der Waals surface area contributed by atoms with Crippen molar-refractivity contribution in [1.29, 1.82) is 0 Å². The highest BCUT2D eigenvalue weighted by atomic mass is 19.1. The second kappa shape index (κ2) is 12.1. The van der Waals surface area contributed by atoms with E-state index in [0.29, 0.717) is 25.3 Å². The molecule has 0 fully saturated rings. The number of aliphatic hydroxyl groups is 1. The Morgan fingerprint density at radius 1 is 1.15 bits per heavy atom. The Morgan fingerprint density at radius 2 is 1.94 bits per heavy atom. The molecule has 0 bridgehead atoms. The van der Waals surface area contributed by atoms with Crippen LogP contribution in [0.3, 0.4) is 0 Å². The van der Waals surface area contributed by atoms with E-state index in [1.807, 2.05) is 50.2 Å². The first-order valence-corrected chi connectivity index (χ1v) is 11.2. The van der Waals surface area contributed by atoms with Crippen LogP contribution in [0.15, 0.2) is 59.1 Å². The number of nitrogens with one attached hydrogen (secondary N) is 3. The van der Waals surface area contributed by atoms with Crippen molar-refractivity contribution in [3.63, 3.8) is 0 Å². The molecule has 0 radical (unpaired) electrons. The maximum absolute atomic E-state index is 14.8. The molecule has 1 heterocycles. The molecule has 7 nitrogen and oxygen atoms in total. The summed E-state index contributed by atoms with van der Waals surface area (Å²) in [5, 5.41) is 23.7. The van der Waals surface area contributed by atoms with E-state index in [4.69, 9.17) is 4.52 Å². The van der Waals surface area contributed by atoms with Crippen LogP contribution >= 0.6 is 0 Å². The SMILES string of the molecule is CCNc1cccc(C(=O)N[C@@H](Cc2ccccc2)[C@H](O)CNCc2cc(CC)no2)c1F. The molecule has 33 heavy (non-hydrogen) atoms. The third-order valence-electron chi connectivity index (χ3n) is 5.31. The van der Waals surface area contributed by atoms with Gasteiger partial charge in [0.15, 0.2) is 11.6 Å². The summed E-state index contributed by atoms with van der Waals surface area (Å²) in [6.07, 6.45) is 0.262. The predicted octanol–water partition coefficient (Wildman–Crippen LogP) is 3.30. The average molecular weight is 455 g/mol. The first kappa shape index (κ1) is 24.4. The van der Waals surface area contributed by atoms with E-state index in [2.05, 4.69) is 21.1 Å². The normalized spacial score (nSPS) is 12.8. The Morgan fingerprint density at radius 3 is 2.64 bits per heavy atom. The fourth-order valence-electron chi connectivity index (χ4n) is 3.52.